The van der Waals surface area contributed by atoms with Gasteiger partial charge in [0.2, 0.25) is 5.91 Å². The van der Waals surface area contributed by atoms with E-state index in [4.69, 9.17) is 0 Å². The first-order valence-electron chi connectivity index (χ1n) is 9.95. The largest absolute Gasteiger partial charge is 0.387 e. The molecule has 3 N–H and O–H groups in total. The number of halogens is 2. The number of aryl methyl sites for hydroxylation is 1. The predicted octanol–water partition coefficient (Wildman–Crippen LogP) is 2.09. The van der Waals surface area contributed by atoms with E-state index in [1.165, 1.54) is 0 Å². The third-order valence-electron chi connectivity index (χ3n) is 5.50. The Morgan fingerprint density at radius 1 is 1.20 bits per heavy atom. The Bertz CT molecular complexity index is 751. The molecule has 2 atom stereocenters. The number of piperidine rings is 1. The topological polar surface area (TPSA) is 82.4 Å². The Morgan fingerprint density at radius 2 is 1.87 bits per heavy atom. The van der Waals surface area contributed by atoms with Gasteiger partial charge in [0.1, 0.15) is 6.04 Å². The lowest BCUT2D eigenvalue weighted by Crippen LogP contribution is -2.42. The SMILES string of the molecule is CNC(C(=O)NCC1CCN(CC(O)c2ccccc2)CC1)c1cnn(C)c1.Cl.Cl. The first-order valence-corrected chi connectivity index (χ1v) is 9.95. The van der Waals surface area contributed by atoms with Gasteiger partial charge < -0.3 is 20.6 Å². The molecular formula is C21H33Cl2N5O2. The molecule has 2 unspecified atom stereocenters. The summed E-state index contributed by atoms with van der Waals surface area (Å²) < 4.78 is 1.70. The van der Waals surface area contributed by atoms with E-state index in [9.17, 15) is 9.90 Å². The third kappa shape index (κ3) is 7.25. The van der Waals surface area contributed by atoms with Crippen molar-refractivity contribution in [2.45, 2.75) is 25.0 Å². The number of aliphatic hydroxyl groups is 1. The van der Waals surface area contributed by atoms with E-state index < -0.39 is 6.10 Å². The Balaban J connectivity index is 0.00000225. The monoisotopic (exact) mass is 457 g/mol. The summed E-state index contributed by atoms with van der Waals surface area (Å²) in [4.78, 5) is 14.8. The molecule has 1 fully saturated rings. The minimum atomic E-state index is -0.451. The summed E-state index contributed by atoms with van der Waals surface area (Å²) in [6, 6.07) is 9.42. The number of hydrogen-bond donors (Lipinski definition) is 3. The van der Waals surface area contributed by atoms with E-state index in [1.54, 1.807) is 17.9 Å². The molecule has 2 heterocycles. The molecule has 0 aliphatic carbocycles. The van der Waals surface area contributed by atoms with Crippen LogP contribution in [-0.2, 0) is 11.8 Å². The lowest BCUT2D eigenvalue weighted by atomic mass is 9.96. The van der Waals surface area contributed by atoms with E-state index in [0.29, 0.717) is 19.0 Å². The molecule has 1 aromatic heterocycles. The maximum absolute atomic E-state index is 12.5. The number of benzene rings is 1. The highest BCUT2D eigenvalue weighted by atomic mass is 35.5. The number of rotatable bonds is 8. The average molecular weight is 458 g/mol. The summed E-state index contributed by atoms with van der Waals surface area (Å²) in [5.41, 5.74) is 1.83. The molecule has 30 heavy (non-hydrogen) atoms. The zero-order chi connectivity index (χ0) is 19.9. The molecule has 1 amide bonds. The predicted molar refractivity (Wildman–Crippen MR) is 123 cm³/mol. The number of aliphatic hydroxyl groups excluding tert-OH is 1. The van der Waals surface area contributed by atoms with E-state index in [-0.39, 0.29) is 36.8 Å². The minimum Gasteiger partial charge on any atom is -0.387 e. The molecular weight excluding hydrogens is 425 g/mol. The van der Waals surface area contributed by atoms with Crippen molar-refractivity contribution in [3.63, 3.8) is 0 Å². The van der Waals surface area contributed by atoms with Crippen LogP contribution in [0, 0.1) is 5.92 Å². The Hall–Kier alpha value is -1.64. The molecule has 1 saturated heterocycles. The van der Waals surface area contributed by atoms with Crippen molar-refractivity contribution in [1.29, 1.82) is 0 Å². The van der Waals surface area contributed by atoms with Crippen molar-refractivity contribution in [3.8, 4) is 0 Å². The minimum absolute atomic E-state index is 0. The fourth-order valence-electron chi connectivity index (χ4n) is 3.78. The number of carbonyl (C=O) groups excluding carboxylic acids is 1. The van der Waals surface area contributed by atoms with Crippen LogP contribution < -0.4 is 10.6 Å². The van der Waals surface area contributed by atoms with Gasteiger partial charge in [-0.1, -0.05) is 30.3 Å². The summed E-state index contributed by atoms with van der Waals surface area (Å²) >= 11 is 0. The first-order chi connectivity index (χ1) is 13.6. The highest BCUT2D eigenvalue weighted by Crippen LogP contribution is 2.21. The normalized spacial score (nSPS) is 16.8. The number of amides is 1. The van der Waals surface area contributed by atoms with Gasteiger partial charge in [-0.3, -0.25) is 9.48 Å². The summed E-state index contributed by atoms with van der Waals surface area (Å²) in [6.07, 6.45) is 5.18. The van der Waals surface area contributed by atoms with Crippen molar-refractivity contribution in [2.24, 2.45) is 13.0 Å². The summed E-state index contributed by atoms with van der Waals surface area (Å²) in [5.74, 6) is 0.456. The van der Waals surface area contributed by atoms with E-state index in [1.807, 2.05) is 43.6 Å². The van der Waals surface area contributed by atoms with Crippen molar-refractivity contribution in [3.05, 3.63) is 53.9 Å². The van der Waals surface area contributed by atoms with Gasteiger partial charge in [0, 0.05) is 31.9 Å². The fraction of sp³-hybridized carbons (Fsp3) is 0.524. The van der Waals surface area contributed by atoms with Gasteiger partial charge in [0.25, 0.3) is 0 Å². The van der Waals surface area contributed by atoms with Gasteiger partial charge in [-0.2, -0.15) is 5.10 Å². The quantitative estimate of drug-likeness (QED) is 0.565. The molecule has 0 saturated carbocycles. The highest BCUT2D eigenvalue weighted by Gasteiger charge is 2.24. The van der Waals surface area contributed by atoms with E-state index in [0.717, 1.165) is 37.1 Å². The van der Waals surface area contributed by atoms with Crippen LogP contribution in [-0.4, -0.2) is 58.9 Å². The Kier molecular flexibility index (Phi) is 11.4. The molecule has 1 aliphatic heterocycles. The number of nitrogens with one attached hydrogen (secondary N) is 2. The number of nitrogens with zero attached hydrogens (tertiary/aromatic N) is 3. The molecule has 3 rings (SSSR count). The standard InChI is InChI=1S/C21H31N5O2.2ClH/c1-22-20(18-13-24-25(2)14-18)21(28)23-12-16-8-10-26(11-9-16)15-19(27)17-6-4-3-5-7-17;;/h3-7,13-14,16,19-20,22,27H,8-12,15H2,1-2H3,(H,23,28);2*1H. The molecule has 0 bridgehead atoms. The second-order valence-electron chi connectivity index (χ2n) is 7.58. The molecule has 2 aromatic rings. The number of aromatic nitrogens is 2. The second-order valence-corrected chi connectivity index (χ2v) is 7.58. The lowest BCUT2D eigenvalue weighted by molar-refractivity contribution is -0.123. The van der Waals surface area contributed by atoms with Crippen LogP contribution in [0.15, 0.2) is 42.7 Å². The van der Waals surface area contributed by atoms with E-state index >= 15 is 0 Å². The van der Waals surface area contributed by atoms with Gasteiger partial charge in [-0.15, -0.1) is 24.8 Å². The maximum atomic E-state index is 12.5. The molecule has 9 heteroatoms. The number of carbonyl (C=O) groups is 1. The second kappa shape index (κ2) is 12.9. The number of likely N-dealkylation sites (N-methyl/N-ethyl adjacent to an activating group) is 1. The Labute approximate surface area is 191 Å². The summed E-state index contributed by atoms with van der Waals surface area (Å²) in [6.45, 7) is 3.24. The zero-order valence-corrected chi connectivity index (χ0v) is 19.2. The summed E-state index contributed by atoms with van der Waals surface area (Å²) in [5, 5.41) is 20.7. The molecule has 7 nitrogen and oxygen atoms in total. The van der Waals surface area contributed by atoms with Gasteiger partial charge in [-0.05, 0) is 44.5 Å². The molecule has 0 spiro atoms. The van der Waals surface area contributed by atoms with Crippen LogP contribution in [0.4, 0.5) is 0 Å². The van der Waals surface area contributed by atoms with Crippen molar-refractivity contribution >= 4 is 30.7 Å². The average Bonchev–Trinajstić information content (AvgIpc) is 3.14. The third-order valence-corrected chi connectivity index (χ3v) is 5.50. The van der Waals surface area contributed by atoms with Crippen LogP contribution >= 0.6 is 24.8 Å². The van der Waals surface area contributed by atoms with Crippen LogP contribution in [0.1, 0.15) is 36.1 Å². The molecule has 1 aliphatic rings. The molecule has 0 radical (unpaired) electrons. The maximum Gasteiger partial charge on any atom is 0.241 e. The van der Waals surface area contributed by atoms with Crippen LogP contribution in [0.25, 0.3) is 0 Å². The van der Waals surface area contributed by atoms with Crippen LogP contribution in [0.5, 0.6) is 0 Å². The Morgan fingerprint density at radius 3 is 2.43 bits per heavy atom. The molecule has 168 valence electrons. The van der Waals surface area contributed by atoms with Crippen molar-refractivity contribution in [1.82, 2.24) is 25.3 Å². The van der Waals surface area contributed by atoms with Gasteiger partial charge in [0.05, 0.1) is 12.3 Å². The molecule has 1 aromatic carbocycles. The number of likely N-dealkylation sites (tertiary alicyclic amines) is 1. The van der Waals surface area contributed by atoms with Crippen molar-refractivity contribution in [2.75, 3.05) is 33.2 Å². The zero-order valence-electron chi connectivity index (χ0n) is 17.5. The smallest absolute Gasteiger partial charge is 0.241 e. The highest BCUT2D eigenvalue weighted by molar-refractivity contribution is 5.85. The van der Waals surface area contributed by atoms with E-state index in [2.05, 4.69) is 20.6 Å². The van der Waals surface area contributed by atoms with Gasteiger partial charge in [-0.25, -0.2) is 0 Å². The number of hydrogen-bond acceptors (Lipinski definition) is 5. The van der Waals surface area contributed by atoms with Crippen LogP contribution in [0.2, 0.25) is 0 Å². The number of β-amino-alcohol motifs (C(OH)–C–C–N with tert-alkyl or cyclic N) is 1. The van der Waals surface area contributed by atoms with Crippen LogP contribution in [0.3, 0.4) is 0 Å². The van der Waals surface area contributed by atoms with Crippen molar-refractivity contribution < 1.29 is 9.90 Å². The fourth-order valence-corrected chi connectivity index (χ4v) is 3.78. The lowest BCUT2D eigenvalue weighted by Gasteiger charge is -2.33. The summed E-state index contributed by atoms with van der Waals surface area (Å²) in [7, 11) is 3.63. The van der Waals surface area contributed by atoms with Gasteiger partial charge in [0.15, 0.2) is 0 Å². The van der Waals surface area contributed by atoms with Gasteiger partial charge >= 0.3 is 0 Å². The first kappa shape index (κ1) is 26.4.